The SMILES string of the molecule is CC(=O)/C=C(\N)C(=O)N1CCc2[nH]c(=O)ccc2C1. The van der Waals surface area contributed by atoms with E-state index in [1.807, 2.05) is 0 Å². The molecule has 6 nitrogen and oxygen atoms in total. The third kappa shape index (κ3) is 2.90. The van der Waals surface area contributed by atoms with Crippen molar-refractivity contribution in [3.05, 3.63) is 45.5 Å². The van der Waals surface area contributed by atoms with Gasteiger partial charge in [0.25, 0.3) is 5.91 Å². The predicted molar refractivity (Wildman–Crippen MR) is 69.1 cm³/mol. The summed E-state index contributed by atoms with van der Waals surface area (Å²) in [5.41, 5.74) is 7.14. The summed E-state index contributed by atoms with van der Waals surface area (Å²) in [4.78, 5) is 38.4. The van der Waals surface area contributed by atoms with Crippen LogP contribution in [-0.4, -0.2) is 28.1 Å². The molecule has 0 aromatic carbocycles. The average molecular weight is 261 g/mol. The highest BCUT2D eigenvalue weighted by Gasteiger charge is 2.22. The van der Waals surface area contributed by atoms with E-state index in [0.29, 0.717) is 19.5 Å². The van der Waals surface area contributed by atoms with E-state index in [-0.39, 0.29) is 22.9 Å². The fourth-order valence-electron chi connectivity index (χ4n) is 2.09. The lowest BCUT2D eigenvalue weighted by atomic mass is 10.1. The summed E-state index contributed by atoms with van der Waals surface area (Å²) in [6.45, 7) is 2.20. The van der Waals surface area contributed by atoms with Gasteiger partial charge in [0.2, 0.25) is 5.56 Å². The highest BCUT2D eigenvalue weighted by atomic mass is 16.2. The van der Waals surface area contributed by atoms with Gasteiger partial charge in [0.15, 0.2) is 5.78 Å². The second kappa shape index (κ2) is 5.09. The van der Waals surface area contributed by atoms with Gasteiger partial charge in [0.1, 0.15) is 5.70 Å². The number of carbonyl (C=O) groups excluding carboxylic acids is 2. The summed E-state index contributed by atoms with van der Waals surface area (Å²) in [7, 11) is 0. The van der Waals surface area contributed by atoms with Crippen LogP contribution in [0, 0.1) is 0 Å². The van der Waals surface area contributed by atoms with Crippen molar-refractivity contribution in [1.29, 1.82) is 0 Å². The molecule has 2 heterocycles. The number of carbonyl (C=O) groups is 2. The molecule has 1 aromatic rings. The second-order valence-corrected chi connectivity index (χ2v) is 4.51. The number of nitrogens with zero attached hydrogens (tertiary/aromatic N) is 1. The lowest BCUT2D eigenvalue weighted by Gasteiger charge is -2.28. The maximum absolute atomic E-state index is 12.0. The van der Waals surface area contributed by atoms with Crippen LogP contribution < -0.4 is 11.3 Å². The van der Waals surface area contributed by atoms with E-state index < -0.39 is 0 Å². The molecule has 100 valence electrons. The number of nitrogens with two attached hydrogens (primary N) is 1. The van der Waals surface area contributed by atoms with E-state index in [4.69, 9.17) is 5.73 Å². The van der Waals surface area contributed by atoms with Crippen LogP contribution in [0.3, 0.4) is 0 Å². The Bertz CT molecular complexity index is 616. The molecular weight excluding hydrogens is 246 g/mol. The van der Waals surface area contributed by atoms with Gasteiger partial charge in [-0.3, -0.25) is 14.4 Å². The Morgan fingerprint density at radius 2 is 2.16 bits per heavy atom. The molecule has 2 rings (SSSR count). The minimum atomic E-state index is -0.355. The molecule has 0 radical (unpaired) electrons. The van der Waals surface area contributed by atoms with E-state index in [2.05, 4.69) is 4.98 Å². The lowest BCUT2D eigenvalue weighted by molar-refractivity contribution is -0.128. The van der Waals surface area contributed by atoms with E-state index in [1.54, 1.807) is 11.0 Å². The van der Waals surface area contributed by atoms with Crippen molar-refractivity contribution in [3.63, 3.8) is 0 Å². The van der Waals surface area contributed by atoms with Gasteiger partial charge >= 0.3 is 0 Å². The smallest absolute Gasteiger partial charge is 0.270 e. The van der Waals surface area contributed by atoms with Gasteiger partial charge in [-0.1, -0.05) is 6.07 Å². The first-order valence-corrected chi connectivity index (χ1v) is 5.95. The summed E-state index contributed by atoms with van der Waals surface area (Å²) in [5.74, 6) is -0.611. The number of pyridine rings is 1. The van der Waals surface area contributed by atoms with Gasteiger partial charge in [-0.15, -0.1) is 0 Å². The van der Waals surface area contributed by atoms with Gasteiger partial charge in [-0.05, 0) is 12.5 Å². The number of aromatic amines is 1. The van der Waals surface area contributed by atoms with Crippen molar-refractivity contribution in [2.75, 3.05) is 6.54 Å². The molecule has 0 atom stereocenters. The van der Waals surface area contributed by atoms with Gasteiger partial charge in [-0.25, -0.2) is 0 Å². The normalized spacial score (nSPS) is 15.0. The summed E-state index contributed by atoms with van der Waals surface area (Å²) >= 11 is 0. The van der Waals surface area contributed by atoms with Gasteiger partial charge in [0.05, 0.1) is 0 Å². The van der Waals surface area contributed by atoms with Crippen molar-refractivity contribution >= 4 is 11.7 Å². The summed E-state index contributed by atoms with van der Waals surface area (Å²) in [6.07, 6.45) is 1.70. The summed E-state index contributed by atoms with van der Waals surface area (Å²) < 4.78 is 0. The van der Waals surface area contributed by atoms with Gasteiger partial charge in [-0.2, -0.15) is 0 Å². The summed E-state index contributed by atoms with van der Waals surface area (Å²) in [6, 6.07) is 3.14. The molecule has 1 amide bonds. The number of allylic oxidation sites excluding steroid dienone is 1. The minimum Gasteiger partial charge on any atom is -0.394 e. The zero-order chi connectivity index (χ0) is 14.0. The molecule has 0 saturated heterocycles. The molecule has 0 fully saturated rings. The van der Waals surface area contributed by atoms with Crippen LogP contribution in [0.4, 0.5) is 0 Å². The zero-order valence-corrected chi connectivity index (χ0v) is 10.6. The highest BCUT2D eigenvalue weighted by Crippen LogP contribution is 2.16. The van der Waals surface area contributed by atoms with Crippen LogP contribution in [0.25, 0.3) is 0 Å². The van der Waals surface area contributed by atoms with Crippen molar-refractivity contribution in [1.82, 2.24) is 9.88 Å². The number of H-pyrrole nitrogens is 1. The van der Waals surface area contributed by atoms with Crippen molar-refractivity contribution in [2.45, 2.75) is 19.9 Å². The molecule has 6 heteroatoms. The molecule has 1 aliphatic rings. The summed E-state index contributed by atoms with van der Waals surface area (Å²) in [5, 5.41) is 0. The number of hydrogen-bond donors (Lipinski definition) is 2. The highest BCUT2D eigenvalue weighted by molar-refractivity contribution is 6.00. The lowest BCUT2D eigenvalue weighted by Crippen LogP contribution is -2.39. The molecule has 0 aliphatic carbocycles. The molecule has 3 N–H and O–H groups in total. The molecule has 0 saturated carbocycles. The standard InChI is InChI=1S/C13H15N3O3/c1-8(17)6-10(14)13(19)16-5-4-11-9(7-16)2-3-12(18)15-11/h2-3,6H,4-5,7,14H2,1H3,(H,15,18)/b10-6-. The molecule has 1 aliphatic heterocycles. The Morgan fingerprint density at radius 3 is 2.84 bits per heavy atom. The fraction of sp³-hybridized carbons (Fsp3) is 0.308. The Balaban J connectivity index is 2.18. The first-order valence-electron chi connectivity index (χ1n) is 5.95. The number of nitrogens with one attached hydrogen (secondary N) is 1. The predicted octanol–water partition coefficient (Wildman–Crippen LogP) is -0.309. The second-order valence-electron chi connectivity index (χ2n) is 4.51. The minimum absolute atomic E-state index is 0.0552. The first-order chi connectivity index (χ1) is 8.97. The number of rotatable bonds is 2. The van der Waals surface area contributed by atoms with Crippen LogP contribution in [0.1, 0.15) is 18.2 Å². The monoisotopic (exact) mass is 261 g/mol. The Hall–Kier alpha value is -2.37. The van der Waals surface area contributed by atoms with Crippen molar-refractivity contribution < 1.29 is 9.59 Å². The number of ketones is 1. The van der Waals surface area contributed by atoms with Crippen molar-refractivity contribution in [3.8, 4) is 0 Å². The molecule has 0 unspecified atom stereocenters. The van der Waals surface area contributed by atoms with Crippen LogP contribution in [0.5, 0.6) is 0 Å². The Labute approximate surface area is 109 Å². The first kappa shape index (κ1) is 13.1. The fourth-order valence-corrected chi connectivity index (χ4v) is 2.09. The largest absolute Gasteiger partial charge is 0.394 e. The molecule has 0 spiro atoms. The number of hydrogen-bond acceptors (Lipinski definition) is 4. The Morgan fingerprint density at radius 1 is 1.42 bits per heavy atom. The third-order valence-corrected chi connectivity index (χ3v) is 2.98. The van der Waals surface area contributed by atoms with Crippen molar-refractivity contribution in [2.24, 2.45) is 5.73 Å². The van der Waals surface area contributed by atoms with E-state index in [1.165, 1.54) is 13.0 Å². The molecule has 1 aromatic heterocycles. The maximum Gasteiger partial charge on any atom is 0.270 e. The molecular formula is C13H15N3O3. The van der Waals surface area contributed by atoms with Crippen LogP contribution in [0.15, 0.2) is 28.7 Å². The van der Waals surface area contributed by atoms with E-state index >= 15 is 0 Å². The third-order valence-electron chi connectivity index (χ3n) is 2.98. The van der Waals surface area contributed by atoms with Gasteiger partial charge in [0, 0.05) is 37.3 Å². The Kier molecular flexibility index (Phi) is 3.50. The maximum atomic E-state index is 12.0. The number of fused-ring (bicyclic) bond motifs is 1. The number of amides is 1. The van der Waals surface area contributed by atoms with Crippen LogP contribution in [0.2, 0.25) is 0 Å². The molecule has 0 bridgehead atoms. The topological polar surface area (TPSA) is 96.3 Å². The van der Waals surface area contributed by atoms with E-state index in [0.717, 1.165) is 17.3 Å². The number of aromatic nitrogens is 1. The zero-order valence-electron chi connectivity index (χ0n) is 10.6. The van der Waals surface area contributed by atoms with Crippen LogP contribution in [-0.2, 0) is 22.6 Å². The quantitative estimate of drug-likeness (QED) is 0.714. The van der Waals surface area contributed by atoms with Gasteiger partial charge < -0.3 is 15.6 Å². The van der Waals surface area contributed by atoms with E-state index in [9.17, 15) is 14.4 Å². The molecule has 19 heavy (non-hydrogen) atoms. The van der Waals surface area contributed by atoms with Crippen LogP contribution >= 0.6 is 0 Å². The average Bonchev–Trinajstić information content (AvgIpc) is 2.36.